The lowest BCUT2D eigenvalue weighted by Crippen LogP contribution is -2.51. The van der Waals surface area contributed by atoms with Gasteiger partial charge in [-0.1, -0.05) is 109 Å². The predicted octanol–water partition coefficient (Wildman–Crippen LogP) is 7.40. The Labute approximate surface area is 232 Å². The van der Waals surface area contributed by atoms with Crippen LogP contribution in [0, 0.1) is 0 Å². The summed E-state index contributed by atoms with van der Waals surface area (Å²) < 4.78 is 12.6. The first-order valence-corrected chi connectivity index (χ1v) is 13.5. The zero-order valence-corrected chi connectivity index (χ0v) is 21.6. The van der Waals surface area contributed by atoms with Crippen LogP contribution in [-0.2, 0) is 9.47 Å². The van der Waals surface area contributed by atoms with E-state index in [0.717, 1.165) is 33.4 Å². The third-order valence-electron chi connectivity index (χ3n) is 8.02. The molecule has 0 spiro atoms. The molecular formula is C36H26O4. The van der Waals surface area contributed by atoms with Crippen LogP contribution in [0.4, 0.5) is 0 Å². The van der Waals surface area contributed by atoms with Gasteiger partial charge in [-0.15, -0.1) is 0 Å². The van der Waals surface area contributed by atoms with E-state index in [0.29, 0.717) is 11.1 Å². The maximum atomic E-state index is 13.4. The van der Waals surface area contributed by atoms with Gasteiger partial charge in [0, 0.05) is 0 Å². The van der Waals surface area contributed by atoms with Crippen molar-refractivity contribution in [3.8, 4) is 11.1 Å². The van der Waals surface area contributed by atoms with E-state index in [-0.39, 0.29) is 11.8 Å². The average molecular weight is 523 g/mol. The van der Waals surface area contributed by atoms with Gasteiger partial charge in [-0.2, -0.15) is 0 Å². The number of hydrogen-bond acceptors (Lipinski definition) is 4. The fraction of sp³-hybridized carbons (Fsp3) is 0.111. The van der Waals surface area contributed by atoms with Gasteiger partial charge in [-0.25, -0.2) is 9.59 Å². The maximum absolute atomic E-state index is 13.4. The van der Waals surface area contributed by atoms with Crippen molar-refractivity contribution in [2.24, 2.45) is 0 Å². The fourth-order valence-electron chi connectivity index (χ4n) is 6.24. The molecule has 0 aromatic heterocycles. The minimum absolute atomic E-state index is 0.276. The van der Waals surface area contributed by atoms with Gasteiger partial charge in [-0.3, -0.25) is 0 Å². The number of carbonyl (C=O) groups excluding carboxylic acids is 2. The van der Waals surface area contributed by atoms with E-state index in [9.17, 15) is 9.59 Å². The molecule has 0 fully saturated rings. The molecule has 0 heterocycles. The summed E-state index contributed by atoms with van der Waals surface area (Å²) in [6.45, 7) is 0. The summed E-state index contributed by atoms with van der Waals surface area (Å²) in [5.41, 5.74) is 7.53. The van der Waals surface area contributed by atoms with Crippen molar-refractivity contribution < 1.29 is 19.1 Å². The van der Waals surface area contributed by atoms with Crippen LogP contribution in [0.15, 0.2) is 133 Å². The molecule has 0 saturated carbocycles. The van der Waals surface area contributed by atoms with Crippen LogP contribution in [0.25, 0.3) is 11.1 Å². The zero-order valence-electron chi connectivity index (χ0n) is 21.6. The minimum Gasteiger partial charge on any atom is -0.454 e. The first-order valence-electron chi connectivity index (χ1n) is 13.5. The standard InChI is InChI=1S/C36H26O4/c37-35(24-14-6-2-7-15-24)39-33-31-27-18-10-11-19-28(27)32(34(33)40-36(38)25-16-8-3-9-17-25)30-22-26(20-21-29(30)31)23-12-4-1-5-13-23/h1-22,31-34H/t31-,32-,33?,34?/m1/s1. The van der Waals surface area contributed by atoms with E-state index in [1.807, 2.05) is 66.7 Å². The Morgan fingerprint density at radius 2 is 0.850 bits per heavy atom. The Kier molecular flexibility index (Phi) is 6.01. The summed E-state index contributed by atoms with van der Waals surface area (Å²) in [7, 11) is 0. The van der Waals surface area contributed by atoms with Crippen molar-refractivity contribution in [1.29, 1.82) is 0 Å². The fourth-order valence-corrected chi connectivity index (χ4v) is 6.24. The summed E-state index contributed by atoms with van der Waals surface area (Å²) in [5.74, 6) is -1.43. The van der Waals surface area contributed by atoms with Crippen molar-refractivity contribution in [1.82, 2.24) is 0 Å². The SMILES string of the molecule is O=C(OC1C(OC(=O)c2ccccc2)[C@@H]2c3ccccc3[C@@H]1c1ccc(-c3ccccc3)cc12)c1ccccc1. The molecule has 8 rings (SSSR count). The number of rotatable bonds is 5. The highest BCUT2D eigenvalue weighted by Gasteiger charge is 2.53. The molecule has 0 N–H and O–H groups in total. The summed E-state index contributed by atoms with van der Waals surface area (Å²) in [6, 6.07) is 42.9. The second-order valence-corrected chi connectivity index (χ2v) is 10.3. The van der Waals surface area contributed by atoms with E-state index in [2.05, 4.69) is 42.5 Å². The van der Waals surface area contributed by atoms with Gasteiger partial charge < -0.3 is 9.47 Å². The third-order valence-corrected chi connectivity index (χ3v) is 8.02. The van der Waals surface area contributed by atoms with E-state index < -0.39 is 24.1 Å². The molecule has 3 aliphatic rings. The smallest absolute Gasteiger partial charge is 0.338 e. The summed E-state index contributed by atoms with van der Waals surface area (Å²) in [4.78, 5) is 26.8. The number of carbonyl (C=O) groups is 2. The topological polar surface area (TPSA) is 52.6 Å². The first kappa shape index (κ1) is 24.1. The Hall–Kier alpha value is -4.96. The molecule has 4 nitrogen and oxygen atoms in total. The molecule has 2 bridgehead atoms. The van der Waals surface area contributed by atoms with Crippen LogP contribution in [0.5, 0.6) is 0 Å². The second kappa shape index (κ2) is 9.97. The Morgan fingerprint density at radius 3 is 1.38 bits per heavy atom. The molecule has 194 valence electrons. The highest BCUT2D eigenvalue weighted by atomic mass is 16.6. The number of ether oxygens (including phenoxy) is 2. The van der Waals surface area contributed by atoms with Gasteiger partial charge in [0.1, 0.15) is 0 Å². The van der Waals surface area contributed by atoms with E-state index in [1.165, 1.54) is 0 Å². The molecule has 5 aromatic carbocycles. The molecule has 0 amide bonds. The molecule has 4 heteroatoms. The van der Waals surface area contributed by atoms with Gasteiger partial charge in [0.25, 0.3) is 0 Å². The van der Waals surface area contributed by atoms with Crippen LogP contribution >= 0.6 is 0 Å². The molecule has 0 radical (unpaired) electrons. The number of hydrogen-bond donors (Lipinski definition) is 0. The van der Waals surface area contributed by atoms with E-state index in [4.69, 9.17) is 9.47 Å². The zero-order chi connectivity index (χ0) is 27.1. The molecule has 3 aliphatic carbocycles. The molecule has 0 aliphatic heterocycles. The van der Waals surface area contributed by atoms with Crippen LogP contribution < -0.4 is 0 Å². The van der Waals surface area contributed by atoms with Gasteiger partial charge in [0.15, 0.2) is 12.2 Å². The Balaban J connectivity index is 1.37. The van der Waals surface area contributed by atoms with Gasteiger partial charge in [-0.05, 0) is 57.6 Å². The third kappa shape index (κ3) is 4.09. The van der Waals surface area contributed by atoms with Crippen molar-refractivity contribution in [2.45, 2.75) is 24.0 Å². The molecule has 4 atom stereocenters. The first-order chi connectivity index (χ1) is 19.7. The highest BCUT2D eigenvalue weighted by molar-refractivity contribution is 5.91. The molecule has 0 saturated heterocycles. The lowest BCUT2D eigenvalue weighted by molar-refractivity contribution is -0.0557. The minimum atomic E-state index is -0.696. The van der Waals surface area contributed by atoms with Crippen LogP contribution in [-0.4, -0.2) is 24.1 Å². The van der Waals surface area contributed by atoms with Crippen molar-refractivity contribution in [2.75, 3.05) is 0 Å². The average Bonchev–Trinajstić information content (AvgIpc) is 3.03. The Bertz CT molecular complexity index is 1700. The summed E-state index contributed by atoms with van der Waals surface area (Å²) in [6.07, 6.45) is -1.38. The number of esters is 2. The highest BCUT2D eigenvalue weighted by Crippen LogP contribution is 2.55. The summed E-state index contributed by atoms with van der Waals surface area (Å²) in [5, 5.41) is 0. The second-order valence-electron chi connectivity index (χ2n) is 10.3. The van der Waals surface area contributed by atoms with Crippen molar-refractivity contribution >= 4 is 11.9 Å². The monoisotopic (exact) mass is 522 g/mol. The largest absolute Gasteiger partial charge is 0.454 e. The van der Waals surface area contributed by atoms with Gasteiger partial charge in [0.05, 0.1) is 23.0 Å². The lowest BCUT2D eigenvalue weighted by Gasteiger charge is -2.49. The van der Waals surface area contributed by atoms with Gasteiger partial charge >= 0.3 is 11.9 Å². The van der Waals surface area contributed by atoms with Crippen LogP contribution in [0.2, 0.25) is 0 Å². The quantitative estimate of drug-likeness (QED) is 0.226. The number of fused-ring (bicyclic) bond motifs is 1. The molecular weight excluding hydrogens is 496 g/mol. The maximum Gasteiger partial charge on any atom is 0.338 e. The van der Waals surface area contributed by atoms with Crippen molar-refractivity contribution in [3.05, 3.63) is 167 Å². The van der Waals surface area contributed by atoms with E-state index >= 15 is 0 Å². The normalized spacial score (nSPS) is 20.2. The molecule has 5 aromatic rings. The molecule has 2 unspecified atom stereocenters. The lowest BCUT2D eigenvalue weighted by atomic mass is 9.60. The van der Waals surface area contributed by atoms with Gasteiger partial charge in [0.2, 0.25) is 0 Å². The molecule has 40 heavy (non-hydrogen) atoms. The van der Waals surface area contributed by atoms with E-state index in [1.54, 1.807) is 24.3 Å². The summed E-state index contributed by atoms with van der Waals surface area (Å²) >= 11 is 0. The van der Waals surface area contributed by atoms with Crippen LogP contribution in [0.1, 0.15) is 54.8 Å². The Morgan fingerprint density at radius 1 is 0.425 bits per heavy atom. The number of benzene rings is 5. The predicted molar refractivity (Wildman–Crippen MR) is 153 cm³/mol. The van der Waals surface area contributed by atoms with Crippen LogP contribution in [0.3, 0.4) is 0 Å². The van der Waals surface area contributed by atoms with Crippen molar-refractivity contribution in [3.63, 3.8) is 0 Å².